The SMILES string of the molecule is CCCOc1cc(N(CC)CC(=O)OC)ccc1[N+](=O)[O-]. The molecule has 0 heterocycles. The molecule has 0 atom stereocenters. The van der Waals surface area contributed by atoms with Crippen molar-refractivity contribution in [2.24, 2.45) is 0 Å². The number of esters is 1. The van der Waals surface area contributed by atoms with Crippen LogP contribution in [0.5, 0.6) is 5.75 Å². The minimum atomic E-state index is -0.481. The van der Waals surface area contributed by atoms with Gasteiger partial charge in [0.15, 0.2) is 5.75 Å². The summed E-state index contributed by atoms with van der Waals surface area (Å²) in [5.74, 6) is -0.158. The molecule has 0 aliphatic rings. The van der Waals surface area contributed by atoms with E-state index in [-0.39, 0.29) is 24.0 Å². The second-order valence-corrected chi connectivity index (χ2v) is 4.35. The molecular weight excluding hydrogens is 276 g/mol. The molecule has 0 saturated carbocycles. The van der Waals surface area contributed by atoms with E-state index in [1.54, 1.807) is 17.0 Å². The fourth-order valence-electron chi connectivity index (χ4n) is 1.78. The van der Waals surface area contributed by atoms with Gasteiger partial charge >= 0.3 is 11.7 Å². The first-order valence-corrected chi connectivity index (χ1v) is 6.76. The first-order valence-electron chi connectivity index (χ1n) is 6.76. The lowest BCUT2D eigenvalue weighted by Gasteiger charge is -2.22. The summed E-state index contributed by atoms with van der Waals surface area (Å²) in [7, 11) is 1.32. The van der Waals surface area contributed by atoms with Crippen molar-refractivity contribution in [1.29, 1.82) is 0 Å². The normalized spacial score (nSPS) is 10.0. The molecule has 116 valence electrons. The fraction of sp³-hybridized carbons (Fsp3) is 0.500. The molecule has 21 heavy (non-hydrogen) atoms. The Balaban J connectivity index is 3.06. The highest BCUT2D eigenvalue weighted by Gasteiger charge is 2.18. The van der Waals surface area contributed by atoms with Crippen molar-refractivity contribution in [3.63, 3.8) is 0 Å². The molecule has 0 aromatic heterocycles. The summed E-state index contributed by atoms with van der Waals surface area (Å²) in [6.07, 6.45) is 0.751. The number of hydrogen-bond acceptors (Lipinski definition) is 6. The Bertz CT molecular complexity index is 504. The van der Waals surface area contributed by atoms with Crippen LogP contribution in [0.3, 0.4) is 0 Å². The van der Waals surface area contributed by atoms with Gasteiger partial charge in [0, 0.05) is 24.4 Å². The number of methoxy groups -OCH3 is 1. The van der Waals surface area contributed by atoms with Crippen LogP contribution >= 0.6 is 0 Å². The predicted molar refractivity (Wildman–Crippen MR) is 78.8 cm³/mol. The van der Waals surface area contributed by atoms with Crippen LogP contribution < -0.4 is 9.64 Å². The number of nitrogens with zero attached hydrogens (tertiary/aromatic N) is 2. The van der Waals surface area contributed by atoms with Gasteiger partial charge in [-0.05, 0) is 19.4 Å². The van der Waals surface area contributed by atoms with Crippen LogP contribution in [-0.4, -0.2) is 37.7 Å². The Hall–Kier alpha value is -2.31. The quantitative estimate of drug-likeness (QED) is 0.416. The number of carbonyl (C=O) groups excluding carboxylic acids is 1. The maximum Gasteiger partial charge on any atom is 0.325 e. The van der Waals surface area contributed by atoms with Crippen LogP contribution in [0.4, 0.5) is 11.4 Å². The molecule has 0 bridgehead atoms. The number of carbonyl (C=O) groups is 1. The maximum atomic E-state index is 11.4. The average molecular weight is 296 g/mol. The molecule has 7 nitrogen and oxygen atoms in total. The number of likely N-dealkylation sites (N-methyl/N-ethyl adjacent to an activating group) is 1. The summed E-state index contributed by atoms with van der Waals surface area (Å²) in [4.78, 5) is 23.7. The van der Waals surface area contributed by atoms with Crippen molar-refractivity contribution in [3.8, 4) is 5.75 Å². The van der Waals surface area contributed by atoms with Gasteiger partial charge in [0.25, 0.3) is 0 Å². The molecule has 0 aliphatic carbocycles. The van der Waals surface area contributed by atoms with Gasteiger partial charge in [-0.3, -0.25) is 14.9 Å². The third-order valence-corrected chi connectivity index (χ3v) is 2.90. The molecule has 1 aromatic rings. The van der Waals surface area contributed by atoms with E-state index in [0.717, 1.165) is 6.42 Å². The van der Waals surface area contributed by atoms with E-state index in [2.05, 4.69) is 4.74 Å². The van der Waals surface area contributed by atoms with Crippen LogP contribution in [0.2, 0.25) is 0 Å². The first kappa shape index (κ1) is 16.7. The van der Waals surface area contributed by atoms with Crippen molar-refractivity contribution >= 4 is 17.3 Å². The first-order chi connectivity index (χ1) is 10.0. The Morgan fingerprint density at radius 2 is 2.10 bits per heavy atom. The maximum absolute atomic E-state index is 11.4. The third kappa shape index (κ3) is 4.62. The second-order valence-electron chi connectivity index (χ2n) is 4.35. The van der Waals surface area contributed by atoms with Crippen molar-refractivity contribution in [2.45, 2.75) is 20.3 Å². The van der Waals surface area contributed by atoms with Gasteiger partial charge in [-0.1, -0.05) is 6.92 Å². The molecule has 0 amide bonds. The topological polar surface area (TPSA) is 81.9 Å². The molecule has 0 N–H and O–H groups in total. The van der Waals surface area contributed by atoms with Crippen molar-refractivity contribution in [1.82, 2.24) is 0 Å². The Morgan fingerprint density at radius 3 is 2.62 bits per heavy atom. The van der Waals surface area contributed by atoms with Crippen molar-refractivity contribution in [2.75, 3.05) is 31.7 Å². The lowest BCUT2D eigenvalue weighted by Crippen LogP contribution is -2.30. The zero-order valence-electron chi connectivity index (χ0n) is 12.5. The van der Waals surface area contributed by atoms with E-state index in [1.165, 1.54) is 13.2 Å². The molecule has 1 rings (SSSR count). The number of nitro groups is 1. The van der Waals surface area contributed by atoms with Gasteiger partial charge in [-0.2, -0.15) is 0 Å². The zero-order chi connectivity index (χ0) is 15.8. The van der Waals surface area contributed by atoms with Gasteiger partial charge in [0.05, 0.1) is 18.6 Å². The largest absolute Gasteiger partial charge is 0.487 e. The Labute approximate surface area is 123 Å². The van der Waals surface area contributed by atoms with Crippen molar-refractivity contribution < 1.29 is 19.2 Å². The van der Waals surface area contributed by atoms with E-state index < -0.39 is 4.92 Å². The smallest absolute Gasteiger partial charge is 0.325 e. The zero-order valence-corrected chi connectivity index (χ0v) is 12.5. The lowest BCUT2D eigenvalue weighted by molar-refractivity contribution is -0.385. The molecule has 1 aromatic carbocycles. The highest BCUT2D eigenvalue weighted by Crippen LogP contribution is 2.31. The Morgan fingerprint density at radius 1 is 1.38 bits per heavy atom. The van der Waals surface area contributed by atoms with Gasteiger partial charge in [-0.25, -0.2) is 0 Å². The molecule has 0 radical (unpaired) electrons. The monoisotopic (exact) mass is 296 g/mol. The molecule has 0 spiro atoms. The molecule has 0 aliphatic heterocycles. The number of nitro benzene ring substituents is 1. The highest BCUT2D eigenvalue weighted by atomic mass is 16.6. The summed E-state index contributed by atoms with van der Waals surface area (Å²) in [5.41, 5.74) is 0.598. The third-order valence-electron chi connectivity index (χ3n) is 2.90. The predicted octanol–water partition coefficient (Wildman–Crippen LogP) is 2.38. The summed E-state index contributed by atoms with van der Waals surface area (Å²) in [5, 5.41) is 11.0. The average Bonchev–Trinajstić information content (AvgIpc) is 2.49. The summed E-state index contributed by atoms with van der Waals surface area (Å²) in [6, 6.07) is 4.57. The molecule has 0 saturated heterocycles. The summed E-state index contributed by atoms with van der Waals surface area (Å²) < 4.78 is 10.1. The summed E-state index contributed by atoms with van der Waals surface area (Å²) >= 11 is 0. The van der Waals surface area contributed by atoms with E-state index in [1.807, 2.05) is 13.8 Å². The van der Waals surface area contributed by atoms with Crippen LogP contribution in [0.15, 0.2) is 18.2 Å². The molecule has 7 heteroatoms. The molecule has 0 fully saturated rings. The van der Waals surface area contributed by atoms with Crippen LogP contribution in [0, 0.1) is 10.1 Å². The molecule has 0 unspecified atom stereocenters. The van der Waals surface area contributed by atoms with Crippen LogP contribution in [-0.2, 0) is 9.53 Å². The van der Waals surface area contributed by atoms with Crippen molar-refractivity contribution in [3.05, 3.63) is 28.3 Å². The number of hydrogen-bond donors (Lipinski definition) is 0. The van der Waals surface area contributed by atoms with Crippen LogP contribution in [0.25, 0.3) is 0 Å². The molecular formula is C14H20N2O5. The lowest BCUT2D eigenvalue weighted by atomic mass is 10.2. The van der Waals surface area contributed by atoms with E-state index in [0.29, 0.717) is 18.8 Å². The number of rotatable bonds is 8. The fourth-order valence-corrected chi connectivity index (χ4v) is 1.78. The number of anilines is 1. The van der Waals surface area contributed by atoms with Gasteiger partial charge in [0.2, 0.25) is 0 Å². The second kappa shape index (κ2) is 8.08. The minimum Gasteiger partial charge on any atom is -0.487 e. The minimum absolute atomic E-state index is 0.0814. The van der Waals surface area contributed by atoms with Gasteiger partial charge in [0.1, 0.15) is 6.54 Å². The standard InChI is InChI=1S/C14H20N2O5/c1-4-8-21-13-9-11(6-7-12(13)16(18)19)15(5-2)10-14(17)20-3/h6-7,9H,4-5,8,10H2,1-3H3. The Kier molecular flexibility index (Phi) is 6.45. The van der Waals surface area contributed by atoms with E-state index >= 15 is 0 Å². The van der Waals surface area contributed by atoms with Gasteiger partial charge < -0.3 is 14.4 Å². The van der Waals surface area contributed by atoms with Crippen LogP contribution in [0.1, 0.15) is 20.3 Å². The highest BCUT2D eigenvalue weighted by molar-refractivity contribution is 5.76. The van der Waals surface area contributed by atoms with E-state index in [9.17, 15) is 14.9 Å². The van der Waals surface area contributed by atoms with E-state index in [4.69, 9.17) is 4.74 Å². The number of ether oxygens (including phenoxy) is 2. The summed E-state index contributed by atoms with van der Waals surface area (Å²) in [6.45, 7) is 4.85. The number of benzene rings is 1. The van der Waals surface area contributed by atoms with Gasteiger partial charge in [-0.15, -0.1) is 0 Å².